The highest BCUT2D eigenvalue weighted by Crippen LogP contribution is 2.39. The Morgan fingerprint density at radius 3 is 2.65 bits per heavy atom. The third-order valence-electron chi connectivity index (χ3n) is 5.09. The van der Waals surface area contributed by atoms with Crippen LogP contribution in [-0.4, -0.2) is 34.6 Å². The number of hydrogen-bond donors (Lipinski definition) is 1. The first-order valence-electron chi connectivity index (χ1n) is 8.21. The maximum atomic E-state index is 4.58. The highest BCUT2D eigenvalue weighted by Gasteiger charge is 2.40. The van der Waals surface area contributed by atoms with Crippen molar-refractivity contribution in [3.63, 3.8) is 0 Å². The van der Waals surface area contributed by atoms with Crippen LogP contribution in [0.25, 0.3) is 0 Å². The maximum absolute atomic E-state index is 4.58. The molecule has 3 rings (SSSR count). The summed E-state index contributed by atoms with van der Waals surface area (Å²) >= 11 is 0. The third kappa shape index (κ3) is 2.75. The quantitative estimate of drug-likeness (QED) is 0.913. The zero-order valence-corrected chi connectivity index (χ0v) is 12.8. The molecule has 2 fully saturated rings. The summed E-state index contributed by atoms with van der Waals surface area (Å²) in [7, 11) is 0. The summed E-state index contributed by atoms with van der Waals surface area (Å²) < 4.78 is 0. The van der Waals surface area contributed by atoms with E-state index in [1.54, 1.807) is 0 Å². The van der Waals surface area contributed by atoms with E-state index in [4.69, 9.17) is 0 Å². The Labute approximate surface area is 122 Å². The van der Waals surface area contributed by atoms with Crippen LogP contribution in [0, 0.1) is 0 Å². The molecule has 110 valence electrons. The van der Waals surface area contributed by atoms with Crippen LogP contribution in [0.5, 0.6) is 0 Å². The Balaban J connectivity index is 1.76. The predicted octanol–water partition coefficient (Wildman–Crippen LogP) is 3.14. The molecule has 1 N–H and O–H groups in total. The SMILES string of the molecule is CCNC1CC2CCCC(C1)N2C(C)c1ccccn1. The molecule has 0 amide bonds. The van der Waals surface area contributed by atoms with Crippen LogP contribution in [0.4, 0.5) is 0 Å². The number of nitrogens with zero attached hydrogens (tertiary/aromatic N) is 2. The van der Waals surface area contributed by atoms with Crippen LogP contribution in [0.15, 0.2) is 24.4 Å². The minimum Gasteiger partial charge on any atom is -0.314 e. The third-order valence-corrected chi connectivity index (χ3v) is 5.09. The van der Waals surface area contributed by atoms with Crippen molar-refractivity contribution >= 4 is 0 Å². The molecule has 20 heavy (non-hydrogen) atoms. The first-order valence-corrected chi connectivity index (χ1v) is 8.21. The fourth-order valence-corrected chi connectivity index (χ4v) is 4.28. The van der Waals surface area contributed by atoms with Gasteiger partial charge in [-0.05, 0) is 51.3 Å². The monoisotopic (exact) mass is 273 g/mol. The molecule has 2 aliphatic rings. The Bertz CT molecular complexity index is 406. The van der Waals surface area contributed by atoms with Gasteiger partial charge in [-0.2, -0.15) is 0 Å². The second-order valence-electron chi connectivity index (χ2n) is 6.34. The predicted molar refractivity (Wildman–Crippen MR) is 82.6 cm³/mol. The smallest absolute Gasteiger partial charge is 0.0572 e. The molecule has 2 aliphatic heterocycles. The zero-order chi connectivity index (χ0) is 13.9. The fourth-order valence-electron chi connectivity index (χ4n) is 4.28. The summed E-state index contributed by atoms with van der Waals surface area (Å²) in [6, 6.07) is 8.95. The van der Waals surface area contributed by atoms with E-state index in [0.29, 0.717) is 6.04 Å². The average Bonchev–Trinajstić information content (AvgIpc) is 2.47. The minimum atomic E-state index is 0.453. The summed E-state index contributed by atoms with van der Waals surface area (Å²) in [6.07, 6.45) is 8.65. The summed E-state index contributed by atoms with van der Waals surface area (Å²) in [5, 5.41) is 3.67. The normalized spacial score (nSPS) is 32.0. The van der Waals surface area contributed by atoms with Gasteiger partial charge >= 0.3 is 0 Å². The molecule has 0 aliphatic carbocycles. The lowest BCUT2D eigenvalue weighted by Gasteiger charge is -2.51. The molecule has 0 aromatic carbocycles. The van der Waals surface area contributed by atoms with Crippen LogP contribution >= 0.6 is 0 Å². The van der Waals surface area contributed by atoms with Gasteiger partial charge in [0.2, 0.25) is 0 Å². The van der Waals surface area contributed by atoms with E-state index in [2.05, 4.69) is 41.2 Å². The number of hydrogen-bond acceptors (Lipinski definition) is 3. The molecule has 3 unspecified atom stereocenters. The zero-order valence-electron chi connectivity index (χ0n) is 12.8. The molecule has 0 radical (unpaired) electrons. The van der Waals surface area contributed by atoms with E-state index in [1.807, 2.05) is 12.3 Å². The Hall–Kier alpha value is -0.930. The van der Waals surface area contributed by atoms with Gasteiger partial charge in [-0.25, -0.2) is 0 Å². The van der Waals surface area contributed by atoms with Crippen molar-refractivity contribution in [3.8, 4) is 0 Å². The van der Waals surface area contributed by atoms with Crippen LogP contribution in [0.1, 0.15) is 57.7 Å². The Morgan fingerprint density at radius 2 is 2.05 bits per heavy atom. The highest BCUT2D eigenvalue weighted by molar-refractivity contribution is 5.10. The first-order chi connectivity index (χ1) is 9.79. The standard InChI is InChI=1S/C17H27N3/c1-3-18-14-11-15-7-6-8-16(12-14)20(15)13(2)17-9-4-5-10-19-17/h4-5,9-10,13-16,18H,3,6-8,11-12H2,1-2H3. The molecular formula is C17H27N3. The van der Waals surface area contributed by atoms with E-state index in [-0.39, 0.29) is 0 Å². The van der Waals surface area contributed by atoms with Crippen molar-refractivity contribution in [2.75, 3.05) is 6.54 Å². The molecule has 3 heterocycles. The van der Waals surface area contributed by atoms with Crippen LogP contribution in [0.2, 0.25) is 0 Å². The number of pyridine rings is 1. The lowest BCUT2D eigenvalue weighted by molar-refractivity contribution is -0.00724. The average molecular weight is 273 g/mol. The summed E-state index contributed by atoms with van der Waals surface area (Å²) in [5.41, 5.74) is 1.23. The Kier molecular flexibility index (Phi) is 4.37. The van der Waals surface area contributed by atoms with E-state index in [9.17, 15) is 0 Å². The molecule has 0 saturated carbocycles. The number of aromatic nitrogens is 1. The lowest BCUT2D eigenvalue weighted by atomic mass is 9.80. The molecule has 1 aromatic rings. The van der Waals surface area contributed by atoms with Crippen molar-refractivity contribution in [1.29, 1.82) is 0 Å². The van der Waals surface area contributed by atoms with Gasteiger partial charge in [0, 0.05) is 30.4 Å². The van der Waals surface area contributed by atoms with Gasteiger partial charge in [0.25, 0.3) is 0 Å². The molecular weight excluding hydrogens is 246 g/mol. The van der Waals surface area contributed by atoms with Gasteiger partial charge in [-0.1, -0.05) is 19.4 Å². The lowest BCUT2D eigenvalue weighted by Crippen LogP contribution is -2.56. The Morgan fingerprint density at radius 1 is 1.30 bits per heavy atom. The number of fused-ring (bicyclic) bond motifs is 2. The van der Waals surface area contributed by atoms with Gasteiger partial charge in [0.15, 0.2) is 0 Å². The van der Waals surface area contributed by atoms with E-state index in [0.717, 1.165) is 24.7 Å². The number of piperidine rings is 2. The van der Waals surface area contributed by atoms with Crippen LogP contribution < -0.4 is 5.32 Å². The van der Waals surface area contributed by atoms with Crippen molar-refractivity contribution < 1.29 is 0 Å². The molecule has 3 nitrogen and oxygen atoms in total. The van der Waals surface area contributed by atoms with Gasteiger partial charge in [-0.3, -0.25) is 9.88 Å². The fraction of sp³-hybridized carbons (Fsp3) is 0.706. The van der Waals surface area contributed by atoms with E-state index < -0.39 is 0 Å². The largest absolute Gasteiger partial charge is 0.314 e. The number of rotatable bonds is 4. The van der Waals surface area contributed by atoms with Crippen molar-refractivity contribution in [2.45, 2.75) is 70.1 Å². The topological polar surface area (TPSA) is 28.2 Å². The van der Waals surface area contributed by atoms with Gasteiger partial charge < -0.3 is 5.32 Å². The summed E-state index contributed by atoms with van der Waals surface area (Å²) in [5.74, 6) is 0. The van der Waals surface area contributed by atoms with E-state index in [1.165, 1.54) is 37.8 Å². The summed E-state index contributed by atoms with van der Waals surface area (Å²) in [4.78, 5) is 7.34. The molecule has 3 atom stereocenters. The molecule has 0 spiro atoms. The van der Waals surface area contributed by atoms with Crippen LogP contribution in [-0.2, 0) is 0 Å². The summed E-state index contributed by atoms with van der Waals surface area (Å²) in [6.45, 7) is 5.65. The second-order valence-corrected chi connectivity index (χ2v) is 6.34. The van der Waals surface area contributed by atoms with Gasteiger partial charge in [-0.15, -0.1) is 0 Å². The minimum absolute atomic E-state index is 0.453. The molecule has 2 bridgehead atoms. The van der Waals surface area contributed by atoms with Gasteiger partial charge in [0.05, 0.1) is 5.69 Å². The van der Waals surface area contributed by atoms with Crippen LogP contribution in [0.3, 0.4) is 0 Å². The van der Waals surface area contributed by atoms with Gasteiger partial charge in [0.1, 0.15) is 0 Å². The molecule has 3 heteroatoms. The van der Waals surface area contributed by atoms with Crippen molar-refractivity contribution in [3.05, 3.63) is 30.1 Å². The first kappa shape index (κ1) is 14.0. The van der Waals surface area contributed by atoms with E-state index >= 15 is 0 Å². The maximum Gasteiger partial charge on any atom is 0.0572 e. The molecule has 1 aromatic heterocycles. The molecule has 2 saturated heterocycles. The van der Waals surface area contributed by atoms with Crippen molar-refractivity contribution in [2.24, 2.45) is 0 Å². The number of nitrogens with one attached hydrogen (secondary N) is 1. The van der Waals surface area contributed by atoms with Crippen molar-refractivity contribution in [1.82, 2.24) is 15.2 Å². The highest BCUT2D eigenvalue weighted by atomic mass is 15.2. The second kappa shape index (κ2) is 6.23.